The predicted octanol–water partition coefficient (Wildman–Crippen LogP) is 2.11. The van der Waals surface area contributed by atoms with Crippen molar-refractivity contribution in [1.29, 1.82) is 0 Å². The van der Waals surface area contributed by atoms with Crippen LogP contribution in [0.4, 0.5) is 4.79 Å². The Morgan fingerprint density at radius 3 is 2.50 bits per heavy atom. The van der Waals surface area contributed by atoms with Crippen molar-refractivity contribution >= 4 is 22.1 Å². The van der Waals surface area contributed by atoms with Crippen LogP contribution >= 0.6 is 0 Å². The number of amides is 1. The smallest absolute Gasteiger partial charge is 0.414 e. The molecule has 0 aliphatic carbocycles. The van der Waals surface area contributed by atoms with E-state index in [4.69, 9.17) is 4.74 Å². The fourth-order valence-electron chi connectivity index (χ4n) is 2.17. The maximum Gasteiger partial charge on any atom is 0.414 e. The van der Waals surface area contributed by atoms with E-state index >= 15 is 0 Å². The summed E-state index contributed by atoms with van der Waals surface area (Å²) in [6, 6.07) is 15.2. The van der Waals surface area contributed by atoms with E-state index in [-0.39, 0.29) is 17.5 Å². The van der Waals surface area contributed by atoms with Crippen molar-refractivity contribution in [3.8, 4) is 0 Å². The van der Waals surface area contributed by atoms with Gasteiger partial charge < -0.3 is 4.74 Å². The molecule has 28 heavy (non-hydrogen) atoms. The number of hydrogen-bond acceptors (Lipinski definition) is 6. The quantitative estimate of drug-likeness (QED) is 0.531. The summed E-state index contributed by atoms with van der Waals surface area (Å²) in [6.45, 7) is 1.85. The lowest BCUT2D eigenvalue weighted by Gasteiger charge is -2.09. The highest BCUT2D eigenvalue weighted by Crippen LogP contribution is 2.13. The summed E-state index contributed by atoms with van der Waals surface area (Å²) in [5.41, 5.74) is 1.69. The number of nitrogens with one attached hydrogen (secondary N) is 1. The fourth-order valence-corrected chi connectivity index (χ4v) is 3.11. The fraction of sp³-hybridized carbons (Fsp3) is 0.111. The van der Waals surface area contributed by atoms with Crippen LogP contribution in [0, 0.1) is 6.92 Å². The van der Waals surface area contributed by atoms with Gasteiger partial charge in [0, 0.05) is 0 Å². The van der Waals surface area contributed by atoms with Crippen LogP contribution in [0.25, 0.3) is 0 Å². The summed E-state index contributed by atoms with van der Waals surface area (Å²) < 4.78 is 34.9. The standard InChI is InChI=1S/C18H17N5O4S/c1-14-7-9-16(10-8-14)28(25,26)22-17(23-13-19-12-20-23)21-18(24)27-11-15-5-3-2-4-6-15/h2-10,12-13H,11H2,1H3,(H,21,22,24). The maximum atomic E-state index is 12.6. The van der Waals surface area contributed by atoms with Crippen LogP contribution in [0.5, 0.6) is 0 Å². The number of carbonyl (C=O) groups excluding carboxylic acids is 1. The van der Waals surface area contributed by atoms with Gasteiger partial charge >= 0.3 is 6.09 Å². The van der Waals surface area contributed by atoms with E-state index in [9.17, 15) is 13.2 Å². The molecule has 1 N–H and O–H groups in total. The first-order valence-electron chi connectivity index (χ1n) is 8.18. The van der Waals surface area contributed by atoms with Gasteiger partial charge in [0.2, 0.25) is 5.96 Å². The molecule has 0 bridgehead atoms. The third kappa shape index (κ3) is 5.01. The Kier molecular flexibility index (Phi) is 5.80. The van der Waals surface area contributed by atoms with E-state index in [2.05, 4.69) is 19.8 Å². The lowest BCUT2D eigenvalue weighted by molar-refractivity contribution is 0.145. The Labute approximate surface area is 161 Å². The van der Waals surface area contributed by atoms with Crippen LogP contribution in [0.1, 0.15) is 11.1 Å². The second kappa shape index (κ2) is 8.44. The van der Waals surface area contributed by atoms with Crippen LogP contribution in [0.15, 0.2) is 76.5 Å². The van der Waals surface area contributed by atoms with Gasteiger partial charge in [0.05, 0.1) is 4.90 Å². The molecular formula is C18H17N5O4S. The van der Waals surface area contributed by atoms with Crippen LogP contribution in [-0.2, 0) is 21.4 Å². The summed E-state index contributed by atoms with van der Waals surface area (Å²) in [7, 11) is -4.09. The molecule has 1 aromatic heterocycles. The highest BCUT2D eigenvalue weighted by atomic mass is 32.2. The lowest BCUT2D eigenvalue weighted by Crippen LogP contribution is -2.37. The second-order valence-corrected chi connectivity index (χ2v) is 7.33. The molecule has 1 heterocycles. The number of carbonyl (C=O) groups is 1. The van der Waals surface area contributed by atoms with Gasteiger partial charge in [-0.25, -0.2) is 9.78 Å². The highest BCUT2D eigenvalue weighted by molar-refractivity contribution is 7.90. The minimum absolute atomic E-state index is 0.0159. The predicted molar refractivity (Wildman–Crippen MR) is 101 cm³/mol. The Hall–Kier alpha value is -3.53. The Morgan fingerprint density at radius 1 is 1.14 bits per heavy atom. The Balaban J connectivity index is 1.80. The number of alkyl carbamates (subject to hydrolysis) is 1. The molecule has 0 unspecified atom stereocenters. The molecule has 0 aliphatic heterocycles. The molecule has 1 amide bonds. The molecule has 9 nitrogen and oxygen atoms in total. The highest BCUT2D eigenvalue weighted by Gasteiger charge is 2.18. The average molecular weight is 399 g/mol. The van der Waals surface area contributed by atoms with Crippen molar-refractivity contribution in [2.45, 2.75) is 18.4 Å². The zero-order valence-corrected chi connectivity index (χ0v) is 15.7. The molecular weight excluding hydrogens is 382 g/mol. The van der Waals surface area contributed by atoms with Gasteiger partial charge in [-0.2, -0.15) is 18.2 Å². The summed E-state index contributed by atoms with van der Waals surface area (Å²) in [5, 5.41) is 6.12. The zero-order chi connectivity index (χ0) is 20.0. The van der Waals surface area contributed by atoms with E-state index in [0.29, 0.717) is 0 Å². The van der Waals surface area contributed by atoms with Gasteiger partial charge in [0.1, 0.15) is 19.3 Å². The number of benzene rings is 2. The lowest BCUT2D eigenvalue weighted by atomic mass is 10.2. The Bertz CT molecular complexity index is 1060. The third-order valence-electron chi connectivity index (χ3n) is 3.59. The van der Waals surface area contributed by atoms with Crippen molar-refractivity contribution in [3.05, 3.63) is 78.4 Å². The molecule has 0 radical (unpaired) electrons. The van der Waals surface area contributed by atoms with E-state index in [1.165, 1.54) is 24.8 Å². The second-order valence-electron chi connectivity index (χ2n) is 5.73. The zero-order valence-electron chi connectivity index (χ0n) is 14.9. The number of sulfonamides is 1. The van der Waals surface area contributed by atoms with Crippen molar-refractivity contribution in [1.82, 2.24) is 20.1 Å². The van der Waals surface area contributed by atoms with E-state index in [1.807, 2.05) is 25.1 Å². The number of hydrogen-bond donors (Lipinski definition) is 1. The molecule has 0 aliphatic rings. The summed E-state index contributed by atoms with van der Waals surface area (Å²) in [4.78, 5) is 15.8. The minimum Gasteiger partial charge on any atom is -0.444 e. The number of nitrogens with zero attached hydrogens (tertiary/aromatic N) is 4. The number of aromatic nitrogens is 3. The first-order chi connectivity index (χ1) is 13.4. The van der Waals surface area contributed by atoms with Gasteiger partial charge in [-0.3, -0.25) is 5.32 Å². The minimum atomic E-state index is -4.09. The van der Waals surface area contributed by atoms with Gasteiger partial charge in [0.25, 0.3) is 10.0 Å². The number of aryl methyl sites for hydroxylation is 1. The molecule has 0 saturated heterocycles. The van der Waals surface area contributed by atoms with Crippen molar-refractivity contribution in [3.63, 3.8) is 0 Å². The Morgan fingerprint density at radius 2 is 1.86 bits per heavy atom. The molecule has 0 spiro atoms. The summed E-state index contributed by atoms with van der Waals surface area (Å²) in [6.07, 6.45) is 1.52. The molecule has 0 atom stereocenters. The molecule has 144 valence electrons. The summed E-state index contributed by atoms with van der Waals surface area (Å²) >= 11 is 0. The molecule has 3 rings (SSSR count). The molecule has 2 aromatic carbocycles. The molecule has 0 fully saturated rings. The van der Waals surface area contributed by atoms with Crippen LogP contribution in [0.3, 0.4) is 0 Å². The van der Waals surface area contributed by atoms with Crippen molar-refractivity contribution < 1.29 is 17.9 Å². The van der Waals surface area contributed by atoms with Crippen LogP contribution in [0.2, 0.25) is 0 Å². The summed E-state index contributed by atoms with van der Waals surface area (Å²) in [5.74, 6) is -0.351. The molecule has 3 aromatic rings. The van der Waals surface area contributed by atoms with Gasteiger partial charge in [-0.1, -0.05) is 48.0 Å². The van der Waals surface area contributed by atoms with E-state index in [1.54, 1.807) is 24.3 Å². The van der Waals surface area contributed by atoms with Crippen LogP contribution in [-0.4, -0.2) is 35.2 Å². The van der Waals surface area contributed by atoms with Crippen molar-refractivity contribution in [2.75, 3.05) is 0 Å². The normalized spacial score (nSPS) is 11.8. The molecule has 0 saturated carbocycles. The first kappa shape index (κ1) is 19.2. The average Bonchev–Trinajstić information content (AvgIpc) is 3.22. The van der Waals surface area contributed by atoms with Gasteiger partial charge in [-0.05, 0) is 24.6 Å². The first-order valence-corrected chi connectivity index (χ1v) is 9.62. The monoisotopic (exact) mass is 399 g/mol. The topological polar surface area (TPSA) is 116 Å². The van der Waals surface area contributed by atoms with Crippen molar-refractivity contribution in [2.24, 2.45) is 4.40 Å². The SMILES string of the molecule is Cc1ccc(S(=O)(=O)/N=C(/NC(=O)OCc2ccccc2)n2cncn2)cc1. The largest absolute Gasteiger partial charge is 0.444 e. The van der Waals surface area contributed by atoms with Crippen LogP contribution < -0.4 is 5.32 Å². The van der Waals surface area contributed by atoms with Gasteiger partial charge in [0.15, 0.2) is 0 Å². The van der Waals surface area contributed by atoms with Gasteiger partial charge in [-0.15, -0.1) is 4.40 Å². The van der Waals surface area contributed by atoms with E-state index in [0.717, 1.165) is 15.8 Å². The number of ether oxygens (including phenoxy) is 1. The third-order valence-corrected chi connectivity index (χ3v) is 4.87. The number of rotatable bonds is 4. The maximum absolute atomic E-state index is 12.6. The van der Waals surface area contributed by atoms with E-state index < -0.39 is 16.1 Å². The molecule has 10 heteroatoms.